The molecule has 2 amide bonds. The number of ether oxygens (including phenoxy) is 1. The molecule has 1 spiro atoms. The van der Waals surface area contributed by atoms with Crippen molar-refractivity contribution in [3.05, 3.63) is 29.5 Å². The van der Waals surface area contributed by atoms with Crippen LogP contribution in [0.2, 0.25) is 0 Å². The van der Waals surface area contributed by atoms with E-state index < -0.39 is 6.04 Å². The summed E-state index contributed by atoms with van der Waals surface area (Å²) in [5.41, 5.74) is 2.83. The maximum atomic E-state index is 12.5. The zero-order valence-electron chi connectivity index (χ0n) is 17.6. The van der Waals surface area contributed by atoms with E-state index in [4.69, 9.17) is 4.74 Å². The van der Waals surface area contributed by atoms with Gasteiger partial charge in [0.1, 0.15) is 5.75 Å². The van der Waals surface area contributed by atoms with Gasteiger partial charge in [-0.1, -0.05) is 6.92 Å². The number of rotatable bonds is 4. The highest BCUT2D eigenvalue weighted by Crippen LogP contribution is 2.49. The summed E-state index contributed by atoms with van der Waals surface area (Å²) in [4.78, 5) is 28.6. The second-order valence-electron chi connectivity index (χ2n) is 8.33. The highest BCUT2D eigenvalue weighted by Gasteiger charge is 2.54. The smallest absolute Gasteiger partial charge is 0.222 e. The fraction of sp³-hybridized carbons (Fsp3) is 0.545. The third-order valence-electron chi connectivity index (χ3n) is 6.53. The predicted molar refractivity (Wildman–Crippen MR) is 110 cm³/mol. The number of amides is 2. The third-order valence-corrected chi connectivity index (χ3v) is 6.53. The molecule has 156 valence electrons. The summed E-state index contributed by atoms with van der Waals surface area (Å²) < 4.78 is 7.48. The van der Waals surface area contributed by atoms with Gasteiger partial charge in [-0.25, -0.2) is 0 Å². The van der Waals surface area contributed by atoms with Gasteiger partial charge in [-0.15, -0.1) is 0 Å². The molecule has 0 radical (unpaired) electrons. The first-order chi connectivity index (χ1) is 13.9. The number of hydrogen-bond acceptors (Lipinski definition) is 4. The predicted octanol–water partition coefficient (Wildman–Crippen LogP) is 1.96. The first-order valence-corrected chi connectivity index (χ1v) is 10.2. The van der Waals surface area contributed by atoms with Crippen LogP contribution in [0.3, 0.4) is 0 Å². The Hall–Kier alpha value is -2.54. The van der Waals surface area contributed by atoms with Crippen LogP contribution in [0.4, 0.5) is 0 Å². The van der Waals surface area contributed by atoms with Crippen LogP contribution >= 0.6 is 0 Å². The van der Waals surface area contributed by atoms with E-state index in [1.165, 1.54) is 0 Å². The van der Waals surface area contributed by atoms with Crippen LogP contribution < -0.4 is 4.74 Å². The lowest BCUT2D eigenvalue weighted by atomic mass is 9.68. The Kier molecular flexibility index (Phi) is 4.81. The second-order valence-corrected chi connectivity index (χ2v) is 8.33. The monoisotopic (exact) mass is 399 g/mol. The van der Waals surface area contributed by atoms with E-state index in [1.54, 1.807) is 18.9 Å². The van der Waals surface area contributed by atoms with Gasteiger partial charge in [0.25, 0.3) is 0 Å². The lowest BCUT2D eigenvalue weighted by Crippen LogP contribution is -2.68. The first-order valence-electron chi connectivity index (χ1n) is 10.2. The summed E-state index contributed by atoms with van der Waals surface area (Å²) in [5, 5.41) is 11.3. The molecule has 1 N–H and O–H groups in total. The van der Waals surface area contributed by atoms with Crippen molar-refractivity contribution in [1.29, 1.82) is 0 Å². The molecule has 0 unspecified atom stereocenters. The summed E-state index contributed by atoms with van der Waals surface area (Å²) in [6.45, 7) is 5.14. The molecule has 1 atom stereocenters. The van der Waals surface area contributed by atoms with E-state index in [0.29, 0.717) is 26.1 Å². The largest absolute Gasteiger partial charge is 0.497 e. The van der Waals surface area contributed by atoms with Crippen molar-refractivity contribution in [2.75, 3.05) is 33.4 Å². The standard InChI is InChI=1S/C22H29N3O4/c1-5-6-19(28)24-11-22(12-24)13-25(14(2)27)18(10-26)21-20(22)16-8-7-15(29-4)9-17(16)23(21)3/h7-9,18,26H,5-6,10-13H2,1-4H3/t18-/m0/s1. The highest BCUT2D eigenvalue weighted by atomic mass is 16.5. The maximum absolute atomic E-state index is 12.5. The van der Waals surface area contributed by atoms with Crippen molar-refractivity contribution in [3.63, 3.8) is 0 Å². The summed E-state index contributed by atoms with van der Waals surface area (Å²) in [5.74, 6) is 0.873. The second kappa shape index (κ2) is 7.06. The van der Waals surface area contributed by atoms with E-state index >= 15 is 0 Å². The topological polar surface area (TPSA) is 75.0 Å². The molecule has 2 aliphatic rings. The van der Waals surface area contributed by atoms with Gasteiger partial charge >= 0.3 is 0 Å². The lowest BCUT2D eigenvalue weighted by molar-refractivity contribution is -0.144. The number of likely N-dealkylation sites (tertiary alicyclic amines) is 1. The minimum Gasteiger partial charge on any atom is -0.497 e. The first kappa shape index (κ1) is 19.8. The minimum absolute atomic E-state index is 0.0600. The Morgan fingerprint density at radius 2 is 2.00 bits per heavy atom. The molecule has 4 rings (SSSR count). The number of aromatic nitrogens is 1. The maximum Gasteiger partial charge on any atom is 0.222 e. The molecule has 1 fully saturated rings. The molecule has 1 aromatic heterocycles. The van der Waals surface area contributed by atoms with Gasteiger partial charge in [0.05, 0.1) is 30.7 Å². The number of aliphatic hydroxyl groups is 1. The Morgan fingerprint density at radius 3 is 2.59 bits per heavy atom. The van der Waals surface area contributed by atoms with E-state index in [-0.39, 0.29) is 23.8 Å². The SMILES string of the molecule is CCCC(=O)N1CC2(C1)CN(C(C)=O)[C@@H](CO)c1c2c2ccc(OC)cc2n1C. The van der Waals surface area contributed by atoms with Crippen LogP contribution in [-0.4, -0.2) is 64.6 Å². The average Bonchev–Trinajstić information content (AvgIpc) is 2.97. The molecule has 1 saturated heterocycles. The van der Waals surface area contributed by atoms with Gasteiger partial charge in [0, 0.05) is 57.2 Å². The number of methoxy groups -OCH3 is 1. The van der Waals surface area contributed by atoms with Crippen molar-refractivity contribution in [2.24, 2.45) is 7.05 Å². The molecule has 29 heavy (non-hydrogen) atoms. The normalized spacial score (nSPS) is 20.0. The molecule has 0 bridgehead atoms. The van der Waals surface area contributed by atoms with E-state index in [1.807, 2.05) is 31.0 Å². The van der Waals surface area contributed by atoms with Gasteiger partial charge in [0.15, 0.2) is 0 Å². The molecule has 7 heteroatoms. The van der Waals surface area contributed by atoms with Crippen molar-refractivity contribution in [3.8, 4) is 5.75 Å². The van der Waals surface area contributed by atoms with Gasteiger partial charge in [-0.2, -0.15) is 0 Å². The minimum atomic E-state index is -0.392. The summed E-state index contributed by atoms with van der Waals surface area (Å²) in [6, 6.07) is 5.60. The molecule has 2 aliphatic heterocycles. The molecule has 7 nitrogen and oxygen atoms in total. The molecule has 1 aromatic carbocycles. The van der Waals surface area contributed by atoms with Crippen LogP contribution in [0.1, 0.15) is 44.0 Å². The zero-order chi connectivity index (χ0) is 20.9. The van der Waals surface area contributed by atoms with Crippen LogP contribution in [-0.2, 0) is 22.1 Å². The molecule has 2 aromatic rings. The van der Waals surface area contributed by atoms with Crippen molar-refractivity contribution >= 4 is 22.7 Å². The number of carbonyl (C=O) groups excluding carboxylic acids is 2. The van der Waals surface area contributed by atoms with E-state index in [9.17, 15) is 14.7 Å². The fourth-order valence-electron chi connectivity index (χ4n) is 5.18. The van der Waals surface area contributed by atoms with Crippen LogP contribution in [0.15, 0.2) is 18.2 Å². The van der Waals surface area contributed by atoms with Crippen LogP contribution in [0.25, 0.3) is 10.9 Å². The number of aliphatic hydroxyl groups excluding tert-OH is 1. The molecule has 0 saturated carbocycles. The highest BCUT2D eigenvalue weighted by molar-refractivity contribution is 5.90. The quantitative estimate of drug-likeness (QED) is 0.853. The molecular weight excluding hydrogens is 370 g/mol. The Morgan fingerprint density at radius 1 is 1.28 bits per heavy atom. The number of hydrogen-bond donors (Lipinski definition) is 1. The third kappa shape index (κ3) is 2.82. The number of aryl methyl sites for hydroxylation is 1. The number of nitrogens with zero attached hydrogens (tertiary/aromatic N) is 3. The van der Waals surface area contributed by atoms with Gasteiger partial charge < -0.3 is 24.2 Å². The Balaban J connectivity index is 1.88. The molecular formula is C22H29N3O4. The molecule has 3 heterocycles. The van der Waals surface area contributed by atoms with Crippen LogP contribution in [0, 0.1) is 0 Å². The van der Waals surface area contributed by atoms with Crippen LogP contribution in [0.5, 0.6) is 5.75 Å². The molecule has 0 aliphatic carbocycles. The van der Waals surface area contributed by atoms with Gasteiger partial charge in [-0.05, 0) is 24.1 Å². The zero-order valence-corrected chi connectivity index (χ0v) is 17.6. The Bertz CT molecular complexity index is 974. The summed E-state index contributed by atoms with van der Waals surface area (Å²) in [6.07, 6.45) is 1.37. The van der Waals surface area contributed by atoms with E-state index in [2.05, 4.69) is 10.6 Å². The summed E-state index contributed by atoms with van der Waals surface area (Å²) >= 11 is 0. The summed E-state index contributed by atoms with van der Waals surface area (Å²) in [7, 11) is 3.61. The Labute approximate surface area is 170 Å². The van der Waals surface area contributed by atoms with Gasteiger partial charge in [0.2, 0.25) is 11.8 Å². The van der Waals surface area contributed by atoms with Crippen molar-refractivity contribution in [2.45, 2.75) is 38.1 Å². The number of carbonyl (C=O) groups is 2. The lowest BCUT2D eigenvalue weighted by Gasteiger charge is -2.56. The number of fused-ring (bicyclic) bond motifs is 4. The van der Waals surface area contributed by atoms with Crippen molar-refractivity contribution < 1.29 is 19.4 Å². The average molecular weight is 399 g/mol. The van der Waals surface area contributed by atoms with Crippen molar-refractivity contribution in [1.82, 2.24) is 14.4 Å². The fourth-order valence-corrected chi connectivity index (χ4v) is 5.18. The van der Waals surface area contributed by atoms with Gasteiger partial charge in [-0.3, -0.25) is 9.59 Å². The van der Waals surface area contributed by atoms with E-state index in [0.717, 1.165) is 34.3 Å². The number of benzene rings is 1.